The van der Waals surface area contributed by atoms with Crippen molar-refractivity contribution in [3.05, 3.63) is 78.4 Å². The van der Waals surface area contributed by atoms with Gasteiger partial charge in [-0.2, -0.15) is 0 Å². The smallest absolute Gasteiger partial charge is 0.0720 e. The molecule has 2 aromatic rings. The number of rotatable bonds is 3. The van der Waals surface area contributed by atoms with Crippen LogP contribution in [0.25, 0.3) is 6.08 Å². The van der Waals surface area contributed by atoms with E-state index in [1.54, 1.807) is 0 Å². The minimum atomic E-state index is -0.0529. The Bertz CT molecular complexity index is 437. The highest BCUT2D eigenvalue weighted by Gasteiger charge is 2.02. The Morgan fingerprint density at radius 3 is 1.83 bits per heavy atom. The predicted octanol–water partition coefficient (Wildman–Crippen LogP) is 5.53. The van der Waals surface area contributed by atoms with Gasteiger partial charge in [-0.25, -0.2) is 0 Å². The molecule has 0 saturated carbocycles. The normalized spacial score (nSPS) is 11.0. The molecule has 2 rings (SSSR count). The predicted molar refractivity (Wildman–Crippen MR) is 82.3 cm³/mol. The molecule has 18 heavy (non-hydrogen) atoms. The highest BCUT2D eigenvalue weighted by molar-refractivity contribution is 6.28. The van der Waals surface area contributed by atoms with Crippen LogP contribution in [0.15, 0.2) is 67.2 Å². The van der Waals surface area contributed by atoms with Crippen LogP contribution in [0.2, 0.25) is 0 Å². The first kappa shape index (κ1) is 14.8. The summed E-state index contributed by atoms with van der Waals surface area (Å²) in [6.45, 7) is 3.63. The molecular formula is C16H16Cl2. The lowest BCUT2D eigenvalue weighted by Crippen LogP contribution is -1.89. The monoisotopic (exact) mass is 278 g/mol. The molecule has 0 radical (unpaired) electrons. The summed E-state index contributed by atoms with van der Waals surface area (Å²) in [5.74, 6) is 0.464. The van der Waals surface area contributed by atoms with Crippen LogP contribution in [0.5, 0.6) is 0 Å². The largest absolute Gasteiger partial charge is 0.125 e. The number of alkyl halides is 2. The van der Waals surface area contributed by atoms with Crippen molar-refractivity contribution < 1.29 is 0 Å². The third-order valence-corrected chi connectivity index (χ3v) is 3.20. The van der Waals surface area contributed by atoms with Crippen molar-refractivity contribution in [2.45, 2.75) is 5.38 Å². The quantitative estimate of drug-likeness (QED) is 0.647. The van der Waals surface area contributed by atoms with Gasteiger partial charge in [0.1, 0.15) is 0 Å². The van der Waals surface area contributed by atoms with E-state index in [1.807, 2.05) is 66.7 Å². The zero-order valence-corrected chi connectivity index (χ0v) is 11.6. The van der Waals surface area contributed by atoms with Crippen molar-refractivity contribution in [2.75, 3.05) is 5.88 Å². The van der Waals surface area contributed by atoms with E-state index in [1.165, 1.54) is 5.56 Å². The Hall–Kier alpha value is -1.24. The Kier molecular flexibility index (Phi) is 7.24. The summed E-state index contributed by atoms with van der Waals surface area (Å²) < 4.78 is 0. The van der Waals surface area contributed by atoms with Gasteiger partial charge >= 0.3 is 0 Å². The van der Waals surface area contributed by atoms with E-state index in [2.05, 4.69) is 6.58 Å². The van der Waals surface area contributed by atoms with Gasteiger partial charge in [0.2, 0.25) is 0 Å². The molecule has 0 heterocycles. The van der Waals surface area contributed by atoms with Crippen molar-refractivity contribution >= 4 is 29.3 Å². The second-order valence-corrected chi connectivity index (χ2v) is 4.48. The average Bonchev–Trinajstić information content (AvgIpc) is 2.49. The number of benzene rings is 2. The van der Waals surface area contributed by atoms with Gasteiger partial charge in [-0.1, -0.05) is 73.3 Å². The topological polar surface area (TPSA) is 0 Å². The zero-order valence-electron chi connectivity index (χ0n) is 10.1. The maximum absolute atomic E-state index is 5.86. The van der Waals surface area contributed by atoms with E-state index in [9.17, 15) is 0 Å². The summed E-state index contributed by atoms with van der Waals surface area (Å²) in [5, 5.41) is -0.0529. The maximum Gasteiger partial charge on any atom is 0.0720 e. The number of hydrogen-bond acceptors (Lipinski definition) is 0. The second kappa shape index (κ2) is 8.79. The van der Waals surface area contributed by atoms with Gasteiger partial charge in [0.15, 0.2) is 0 Å². The highest BCUT2D eigenvalue weighted by atomic mass is 35.5. The zero-order chi connectivity index (χ0) is 13.2. The summed E-state index contributed by atoms with van der Waals surface area (Å²) >= 11 is 11.4. The van der Waals surface area contributed by atoms with Crippen molar-refractivity contribution in [3.63, 3.8) is 0 Å². The van der Waals surface area contributed by atoms with Crippen LogP contribution in [0, 0.1) is 0 Å². The average molecular weight is 279 g/mol. The summed E-state index contributed by atoms with van der Waals surface area (Å²) in [4.78, 5) is 0. The number of hydrogen-bond donors (Lipinski definition) is 0. The van der Waals surface area contributed by atoms with E-state index in [0.29, 0.717) is 5.88 Å². The molecule has 2 heteroatoms. The van der Waals surface area contributed by atoms with Crippen LogP contribution in [0.3, 0.4) is 0 Å². The number of halogens is 2. The fourth-order valence-electron chi connectivity index (χ4n) is 1.34. The summed E-state index contributed by atoms with van der Waals surface area (Å²) in [6, 6.07) is 19.8. The molecule has 0 fully saturated rings. The third-order valence-electron chi connectivity index (χ3n) is 2.33. The van der Waals surface area contributed by atoms with Crippen LogP contribution in [-0.4, -0.2) is 5.88 Å². The van der Waals surface area contributed by atoms with Crippen LogP contribution in [0.1, 0.15) is 16.5 Å². The summed E-state index contributed by atoms with van der Waals surface area (Å²) in [5.41, 5.74) is 2.26. The van der Waals surface area contributed by atoms with Crippen molar-refractivity contribution in [1.29, 1.82) is 0 Å². The molecule has 0 aliphatic carbocycles. The van der Waals surface area contributed by atoms with Crippen LogP contribution < -0.4 is 0 Å². The van der Waals surface area contributed by atoms with E-state index in [4.69, 9.17) is 23.2 Å². The Balaban J connectivity index is 0.000000184. The van der Waals surface area contributed by atoms with Crippen LogP contribution in [0.4, 0.5) is 0 Å². The molecule has 1 atom stereocenters. The fourth-order valence-corrected chi connectivity index (χ4v) is 1.66. The molecular weight excluding hydrogens is 263 g/mol. The molecule has 0 aromatic heterocycles. The van der Waals surface area contributed by atoms with Gasteiger partial charge in [-0.05, 0) is 11.1 Å². The Morgan fingerprint density at radius 1 is 0.944 bits per heavy atom. The molecule has 0 amide bonds. The van der Waals surface area contributed by atoms with Crippen LogP contribution >= 0.6 is 23.2 Å². The highest BCUT2D eigenvalue weighted by Crippen LogP contribution is 2.20. The minimum Gasteiger partial charge on any atom is -0.125 e. The molecule has 0 aliphatic heterocycles. The van der Waals surface area contributed by atoms with E-state index in [0.717, 1.165) is 5.56 Å². The molecule has 0 saturated heterocycles. The molecule has 0 N–H and O–H groups in total. The minimum absolute atomic E-state index is 0.0529. The van der Waals surface area contributed by atoms with Crippen molar-refractivity contribution in [3.8, 4) is 0 Å². The van der Waals surface area contributed by atoms with Gasteiger partial charge in [0, 0.05) is 5.88 Å². The van der Waals surface area contributed by atoms with Gasteiger partial charge in [0.25, 0.3) is 0 Å². The van der Waals surface area contributed by atoms with E-state index < -0.39 is 0 Å². The van der Waals surface area contributed by atoms with Crippen molar-refractivity contribution in [1.82, 2.24) is 0 Å². The first-order valence-corrected chi connectivity index (χ1v) is 6.67. The maximum atomic E-state index is 5.86. The van der Waals surface area contributed by atoms with E-state index >= 15 is 0 Å². The summed E-state index contributed by atoms with van der Waals surface area (Å²) in [6.07, 6.45) is 1.83. The molecule has 0 nitrogen and oxygen atoms in total. The summed E-state index contributed by atoms with van der Waals surface area (Å²) in [7, 11) is 0. The molecule has 2 aromatic carbocycles. The third kappa shape index (κ3) is 5.39. The Labute approximate surface area is 119 Å². The first-order valence-electron chi connectivity index (χ1n) is 5.70. The second-order valence-electron chi connectivity index (χ2n) is 3.65. The lowest BCUT2D eigenvalue weighted by molar-refractivity contribution is 1.09. The van der Waals surface area contributed by atoms with E-state index in [-0.39, 0.29) is 5.38 Å². The van der Waals surface area contributed by atoms with Gasteiger partial charge in [-0.3, -0.25) is 0 Å². The molecule has 0 aliphatic rings. The molecule has 94 valence electrons. The molecule has 0 spiro atoms. The Morgan fingerprint density at radius 2 is 1.44 bits per heavy atom. The fraction of sp³-hybridized carbons (Fsp3) is 0.125. The standard InChI is InChI=1S/C8H8Cl2.C8H8/c9-6-8(10)7-4-2-1-3-5-7;1-2-8-6-4-3-5-7-8/h1-5,8H,6H2;2-7H,1H2. The van der Waals surface area contributed by atoms with Crippen molar-refractivity contribution in [2.24, 2.45) is 0 Å². The first-order chi connectivity index (χ1) is 8.77. The van der Waals surface area contributed by atoms with Gasteiger partial charge in [0.05, 0.1) is 5.38 Å². The molecule has 0 bridgehead atoms. The van der Waals surface area contributed by atoms with Gasteiger partial charge in [-0.15, -0.1) is 23.2 Å². The lowest BCUT2D eigenvalue weighted by Gasteiger charge is -2.03. The van der Waals surface area contributed by atoms with Crippen LogP contribution in [-0.2, 0) is 0 Å². The lowest BCUT2D eigenvalue weighted by atomic mass is 10.2. The SMILES string of the molecule is C=Cc1ccccc1.ClCC(Cl)c1ccccc1. The van der Waals surface area contributed by atoms with Gasteiger partial charge < -0.3 is 0 Å². The molecule has 1 unspecified atom stereocenters.